The molecule has 0 radical (unpaired) electrons. The molecule has 19 heavy (non-hydrogen) atoms. The van der Waals surface area contributed by atoms with E-state index in [-0.39, 0.29) is 6.42 Å². The van der Waals surface area contributed by atoms with Crippen molar-refractivity contribution >= 4 is 40.8 Å². The lowest BCUT2D eigenvalue weighted by Gasteiger charge is -2.30. The van der Waals surface area contributed by atoms with Gasteiger partial charge in [0.15, 0.2) is 0 Å². The maximum Gasteiger partial charge on any atom is 0.326 e. The van der Waals surface area contributed by atoms with E-state index in [1.807, 2.05) is 0 Å². The zero-order valence-electron chi connectivity index (χ0n) is 9.94. The van der Waals surface area contributed by atoms with Crippen molar-refractivity contribution in [3.8, 4) is 0 Å². The third kappa shape index (κ3) is 2.62. The molecule has 1 aliphatic heterocycles. The summed E-state index contributed by atoms with van der Waals surface area (Å²) in [6.07, 6.45) is 0.0797. The topological polar surface area (TPSA) is 75.6 Å². The van der Waals surface area contributed by atoms with Gasteiger partial charge < -0.3 is 15.2 Å². The summed E-state index contributed by atoms with van der Waals surface area (Å²) >= 11 is 12.0. The predicted molar refractivity (Wildman–Crippen MR) is 70.9 cm³/mol. The highest BCUT2D eigenvalue weighted by Gasteiger charge is 2.37. The number of hydrogen-bond acceptors (Lipinski definition) is 4. The van der Waals surface area contributed by atoms with Crippen LogP contribution in [0.2, 0.25) is 10.0 Å². The Bertz CT molecular complexity index is 547. The molecule has 1 aromatic carbocycles. The molecule has 1 aromatic rings. The molecule has 102 valence electrons. The van der Waals surface area contributed by atoms with Crippen molar-refractivity contribution in [2.45, 2.75) is 18.4 Å². The number of ether oxygens (including phenoxy) is 1. The minimum atomic E-state index is -1.05. The van der Waals surface area contributed by atoms with Crippen molar-refractivity contribution in [2.75, 3.05) is 12.4 Å². The van der Waals surface area contributed by atoms with Crippen molar-refractivity contribution in [2.24, 2.45) is 0 Å². The SMILES string of the molecule is COC(=O)C1CC(C(=O)O)Nc2cc(Cl)cc(Cl)c21. The number of carbonyl (C=O) groups is 2. The predicted octanol–water partition coefficient (Wildman–Crippen LogP) is 2.52. The normalized spacial score (nSPS) is 21.2. The molecular weight excluding hydrogens is 293 g/mol. The van der Waals surface area contributed by atoms with Crippen LogP contribution in [0.15, 0.2) is 12.1 Å². The summed E-state index contributed by atoms with van der Waals surface area (Å²) in [5.74, 6) is -2.28. The molecule has 0 saturated heterocycles. The summed E-state index contributed by atoms with van der Waals surface area (Å²) in [7, 11) is 1.25. The van der Waals surface area contributed by atoms with E-state index in [4.69, 9.17) is 33.0 Å². The number of nitrogens with one attached hydrogen (secondary N) is 1. The van der Waals surface area contributed by atoms with Crippen molar-refractivity contribution in [3.63, 3.8) is 0 Å². The number of carbonyl (C=O) groups excluding carboxylic acids is 1. The summed E-state index contributed by atoms with van der Waals surface area (Å²) < 4.78 is 4.71. The van der Waals surface area contributed by atoms with Crippen LogP contribution in [0, 0.1) is 0 Å². The first-order valence-corrected chi connectivity index (χ1v) is 6.25. The van der Waals surface area contributed by atoms with Crippen molar-refractivity contribution in [1.29, 1.82) is 0 Å². The standard InChI is InChI=1S/C12H11Cl2NO4/c1-19-12(18)6-4-9(11(16)17)15-8-3-5(13)2-7(14)10(6)8/h2-3,6,9,15H,4H2,1H3,(H,16,17). The van der Waals surface area contributed by atoms with Crippen LogP contribution in [0.3, 0.4) is 0 Å². The van der Waals surface area contributed by atoms with Crippen LogP contribution < -0.4 is 5.32 Å². The van der Waals surface area contributed by atoms with Gasteiger partial charge in [-0.3, -0.25) is 4.79 Å². The molecule has 2 N–H and O–H groups in total. The molecule has 0 aliphatic carbocycles. The number of carboxylic acids is 1. The first-order valence-electron chi connectivity index (χ1n) is 5.50. The lowest BCUT2D eigenvalue weighted by atomic mass is 9.87. The number of fused-ring (bicyclic) bond motifs is 1. The van der Waals surface area contributed by atoms with Crippen LogP contribution in [0.25, 0.3) is 0 Å². The van der Waals surface area contributed by atoms with Gasteiger partial charge in [0, 0.05) is 21.3 Å². The lowest BCUT2D eigenvalue weighted by molar-refractivity contribution is -0.143. The van der Waals surface area contributed by atoms with Crippen molar-refractivity contribution in [1.82, 2.24) is 0 Å². The van der Waals surface area contributed by atoms with Gasteiger partial charge >= 0.3 is 11.9 Å². The average molecular weight is 304 g/mol. The quantitative estimate of drug-likeness (QED) is 0.821. The molecule has 2 unspecified atom stereocenters. The Labute approximate surface area is 119 Å². The molecule has 7 heteroatoms. The van der Waals surface area contributed by atoms with Crippen LogP contribution in [-0.2, 0) is 14.3 Å². The highest BCUT2D eigenvalue weighted by molar-refractivity contribution is 6.36. The minimum Gasteiger partial charge on any atom is -0.480 e. The fourth-order valence-corrected chi connectivity index (χ4v) is 2.80. The first kappa shape index (κ1) is 14.0. The van der Waals surface area contributed by atoms with Crippen LogP contribution >= 0.6 is 23.2 Å². The monoisotopic (exact) mass is 303 g/mol. The van der Waals surface area contributed by atoms with E-state index in [1.54, 1.807) is 6.07 Å². The van der Waals surface area contributed by atoms with E-state index in [2.05, 4.69) is 5.32 Å². The molecule has 0 spiro atoms. The van der Waals surface area contributed by atoms with Gasteiger partial charge in [-0.05, 0) is 18.6 Å². The van der Waals surface area contributed by atoms with Gasteiger partial charge in [0.1, 0.15) is 6.04 Å². The summed E-state index contributed by atoms with van der Waals surface area (Å²) in [5, 5.41) is 12.6. The Morgan fingerprint density at radius 2 is 2.11 bits per heavy atom. The zero-order valence-corrected chi connectivity index (χ0v) is 11.5. The maximum absolute atomic E-state index is 11.8. The van der Waals surface area contributed by atoms with E-state index in [9.17, 15) is 9.59 Å². The molecule has 2 atom stereocenters. The van der Waals surface area contributed by atoms with Gasteiger partial charge in [-0.1, -0.05) is 23.2 Å². The molecule has 2 rings (SSSR count). The van der Waals surface area contributed by atoms with E-state index < -0.39 is 23.9 Å². The van der Waals surface area contributed by atoms with Crippen LogP contribution in [0.1, 0.15) is 17.9 Å². The number of halogens is 2. The fraction of sp³-hybridized carbons (Fsp3) is 0.333. The van der Waals surface area contributed by atoms with Gasteiger partial charge in [0.25, 0.3) is 0 Å². The van der Waals surface area contributed by atoms with Crippen molar-refractivity contribution in [3.05, 3.63) is 27.7 Å². The minimum absolute atomic E-state index is 0.0797. The number of anilines is 1. The molecule has 0 bridgehead atoms. The van der Waals surface area contributed by atoms with E-state index >= 15 is 0 Å². The number of methoxy groups -OCH3 is 1. The number of aliphatic carboxylic acids is 1. The zero-order chi connectivity index (χ0) is 14.2. The van der Waals surface area contributed by atoms with Gasteiger partial charge in [-0.15, -0.1) is 0 Å². The Balaban J connectivity index is 2.53. The summed E-state index contributed by atoms with van der Waals surface area (Å²) in [5.41, 5.74) is 0.974. The summed E-state index contributed by atoms with van der Waals surface area (Å²) in [6, 6.07) is 2.18. The molecule has 5 nitrogen and oxygen atoms in total. The maximum atomic E-state index is 11.8. The molecule has 1 aliphatic rings. The van der Waals surface area contributed by atoms with Gasteiger partial charge in [0.2, 0.25) is 0 Å². The van der Waals surface area contributed by atoms with E-state index in [0.29, 0.717) is 21.3 Å². The Morgan fingerprint density at radius 1 is 1.42 bits per heavy atom. The number of esters is 1. The molecule has 0 saturated carbocycles. The van der Waals surface area contributed by atoms with Gasteiger partial charge in [-0.25, -0.2) is 4.79 Å². The lowest BCUT2D eigenvalue weighted by Crippen LogP contribution is -2.37. The second kappa shape index (κ2) is 5.27. The highest BCUT2D eigenvalue weighted by atomic mass is 35.5. The van der Waals surface area contributed by atoms with Crippen LogP contribution in [0.5, 0.6) is 0 Å². The largest absolute Gasteiger partial charge is 0.480 e. The smallest absolute Gasteiger partial charge is 0.326 e. The number of carboxylic acid groups (broad SMARTS) is 1. The van der Waals surface area contributed by atoms with Gasteiger partial charge in [-0.2, -0.15) is 0 Å². The van der Waals surface area contributed by atoms with Gasteiger partial charge in [0.05, 0.1) is 13.0 Å². The molecule has 0 fully saturated rings. The fourth-order valence-electron chi connectivity index (χ4n) is 2.18. The first-order chi connectivity index (χ1) is 8.93. The Hall–Kier alpha value is -1.46. The second-order valence-corrected chi connectivity index (χ2v) is 5.04. The molecule has 1 heterocycles. The number of rotatable bonds is 2. The molecular formula is C12H11Cl2NO4. The van der Waals surface area contributed by atoms with Crippen LogP contribution in [0.4, 0.5) is 5.69 Å². The van der Waals surface area contributed by atoms with E-state index in [1.165, 1.54) is 13.2 Å². The average Bonchev–Trinajstić information content (AvgIpc) is 2.35. The Morgan fingerprint density at radius 3 is 2.68 bits per heavy atom. The summed E-state index contributed by atoms with van der Waals surface area (Å²) in [6.45, 7) is 0. The van der Waals surface area contributed by atoms with Crippen LogP contribution in [-0.4, -0.2) is 30.2 Å². The second-order valence-electron chi connectivity index (χ2n) is 4.20. The Kier molecular flexibility index (Phi) is 3.87. The number of hydrogen-bond donors (Lipinski definition) is 2. The number of benzene rings is 1. The third-order valence-corrected chi connectivity index (χ3v) is 3.56. The van der Waals surface area contributed by atoms with E-state index in [0.717, 1.165) is 0 Å². The highest BCUT2D eigenvalue weighted by Crippen LogP contribution is 2.41. The molecule has 0 aromatic heterocycles. The molecule has 0 amide bonds. The third-order valence-electron chi connectivity index (χ3n) is 3.03. The van der Waals surface area contributed by atoms with Crippen molar-refractivity contribution < 1.29 is 19.4 Å². The summed E-state index contributed by atoms with van der Waals surface area (Å²) in [4.78, 5) is 22.9.